The van der Waals surface area contributed by atoms with Gasteiger partial charge < -0.3 is 30.0 Å². The first kappa shape index (κ1) is 39.2. The largest absolute Gasteiger partial charge is 0.453 e. The van der Waals surface area contributed by atoms with Gasteiger partial charge in [-0.3, -0.25) is 23.9 Å². The molecule has 14 heteroatoms. The third kappa shape index (κ3) is 8.42. The fourth-order valence-electron chi connectivity index (χ4n) is 8.06. The Kier molecular flexibility index (Phi) is 12.0. The minimum atomic E-state index is -0.704. The highest BCUT2D eigenvalue weighted by atomic mass is 16.5. The molecule has 2 fully saturated rings. The van der Waals surface area contributed by atoms with Crippen molar-refractivity contribution in [3.05, 3.63) is 76.7 Å². The summed E-state index contributed by atoms with van der Waals surface area (Å²) in [6, 6.07) is 9.60. The maximum atomic E-state index is 13.6. The molecule has 5 atom stereocenters. The van der Waals surface area contributed by atoms with Gasteiger partial charge in [0.25, 0.3) is 5.56 Å². The van der Waals surface area contributed by atoms with Crippen LogP contribution in [-0.4, -0.2) is 87.9 Å². The van der Waals surface area contributed by atoms with Gasteiger partial charge in [-0.2, -0.15) is 0 Å². The number of alkyl carbamates (subject to hydrolysis) is 2. The van der Waals surface area contributed by atoms with Crippen LogP contribution in [0, 0.1) is 17.8 Å². The van der Waals surface area contributed by atoms with Gasteiger partial charge in [-0.15, -0.1) is 0 Å². The molecule has 1 unspecified atom stereocenters. The predicted octanol–water partition coefficient (Wildman–Crippen LogP) is 5.62. The summed E-state index contributed by atoms with van der Waals surface area (Å²) < 4.78 is 11.1. The summed E-state index contributed by atoms with van der Waals surface area (Å²) in [5.74, 6) is 0.0428. The number of aromatic nitrogens is 3. The van der Waals surface area contributed by atoms with E-state index in [1.165, 1.54) is 14.2 Å². The molecule has 14 nitrogen and oxygen atoms in total. The van der Waals surface area contributed by atoms with Gasteiger partial charge in [0, 0.05) is 54.7 Å². The molecule has 1 aromatic carbocycles. The molecule has 0 bridgehead atoms. The molecule has 6 rings (SSSR count). The number of ether oxygens (including phenoxy) is 2. The molecule has 0 spiro atoms. The Hall–Kier alpha value is -5.53. The van der Waals surface area contributed by atoms with Gasteiger partial charge >= 0.3 is 12.2 Å². The molecule has 4 heterocycles. The molecule has 2 aromatic heterocycles. The minimum Gasteiger partial charge on any atom is -0.453 e. The summed E-state index contributed by atoms with van der Waals surface area (Å²) in [6.45, 7) is 8.17. The minimum absolute atomic E-state index is 0.00238. The second-order valence-electron chi connectivity index (χ2n) is 15.3. The van der Waals surface area contributed by atoms with Crippen LogP contribution in [0.5, 0.6) is 0 Å². The zero-order valence-corrected chi connectivity index (χ0v) is 32.3. The number of benzene rings is 1. The van der Waals surface area contributed by atoms with E-state index in [0.717, 1.165) is 66.0 Å². The lowest BCUT2D eigenvalue weighted by atomic mass is 9.84. The number of ketones is 1. The van der Waals surface area contributed by atoms with E-state index in [2.05, 4.69) is 20.6 Å². The molecule has 55 heavy (non-hydrogen) atoms. The van der Waals surface area contributed by atoms with E-state index in [1.54, 1.807) is 29.2 Å². The van der Waals surface area contributed by atoms with Crippen LogP contribution in [0.1, 0.15) is 83.5 Å². The average Bonchev–Trinajstić information content (AvgIpc) is 4.02. The molecule has 1 saturated heterocycles. The van der Waals surface area contributed by atoms with Crippen molar-refractivity contribution in [1.82, 2.24) is 30.1 Å². The van der Waals surface area contributed by atoms with Gasteiger partial charge in [-0.1, -0.05) is 46.2 Å². The summed E-state index contributed by atoms with van der Waals surface area (Å²) in [5, 5.41) is 5.40. The van der Waals surface area contributed by atoms with Crippen molar-refractivity contribution in [3.8, 4) is 16.9 Å². The molecule has 3 amide bonds. The van der Waals surface area contributed by atoms with Crippen molar-refractivity contribution in [2.24, 2.45) is 22.7 Å². The Bertz CT molecular complexity index is 2030. The van der Waals surface area contributed by atoms with E-state index in [9.17, 15) is 24.0 Å². The molecule has 1 aliphatic carbocycles. The van der Waals surface area contributed by atoms with Gasteiger partial charge in [0.05, 0.1) is 38.2 Å². The first-order chi connectivity index (χ1) is 26.4. The number of rotatable bonds is 12. The van der Waals surface area contributed by atoms with Crippen LogP contribution in [0.4, 0.5) is 9.59 Å². The number of nitrogens with zero attached hydrogens (tertiary/aromatic N) is 4. The Labute approximate surface area is 320 Å². The van der Waals surface area contributed by atoms with Crippen molar-refractivity contribution in [2.75, 3.05) is 20.8 Å². The van der Waals surface area contributed by atoms with Gasteiger partial charge in [-0.25, -0.2) is 14.6 Å². The standard InChI is InChI=1S/C41H51N7O7/c1-23(2)35(45-40(52)54-5)37(50)29-9-7-10-30(29)38-43-22-32(44-38)25-12-14-28(15-13-25)47-18-16-26(20-34(47)49)27-19-31(42-21-27)33-11-8-17-48(33)39(51)36(24(3)4)46-41(53)55-6/h12-16,18,20-24,29-30,33,35-36H,7-11,17,19H2,1-6H3,(H,43,44)(H,45,52)(H,46,53)/t29?,30-,33+,35+,36+/m1/s1. The molecular formula is C41H51N7O7. The van der Waals surface area contributed by atoms with Crippen LogP contribution >= 0.6 is 0 Å². The number of aliphatic imine (C=N–C) groups is 1. The van der Waals surface area contributed by atoms with Gasteiger partial charge in [0.15, 0.2) is 5.78 Å². The molecule has 3 aromatic rings. The zero-order chi connectivity index (χ0) is 39.4. The Balaban J connectivity index is 1.10. The topological polar surface area (TPSA) is 177 Å². The van der Waals surface area contributed by atoms with E-state index in [-0.39, 0.29) is 47.0 Å². The highest BCUT2D eigenvalue weighted by Crippen LogP contribution is 2.40. The van der Waals surface area contributed by atoms with E-state index in [1.807, 2.05) is 62.9 Å². The number of nitrogens with one attached hydrogen (secondary N) is 3. The van der Waals surface area contributed by atoms with Crippen LogP contribution in [0.15, 0.2) is 64.8 Å². The van der Waals surface area contributed by atoms with Crippen LogP contribution in [-0.2, 0) is 19.1 Å². The number of methoxy groups -OCH3 is 2. The lowest BCUT2D eigenvalue weighted by Gasteiger charge is -2.31. The molecule has 3 N–H and O–H groups in total. The highest BCUT2D eigenvalue weighted by molar-refractivity contribution is 6.03. The normalized spacial score (nSPS) is 20.6. The summed E-state index contributed by atoms with van der Waals surface area (Å²) >= 11 is 0. The number of hydrogen-bond acceptors (Lipinski definition) is 9. The number of likely N-dealkylation sites (tertiary alicyclic amines) is 1. The summed E-state index contributed by atoms with van der Waals surface area (Å²) in [5.41, 5.74) is 4.76. The highest BCUT2D eigenvalue weighted by Gasteiger charge is 2.41. The SMILES string of the molecule is COC(=O)N[C@H](C(=O)C1CCC[C@H]1c1ncc(-c2ccc(-n3ccc(C4=CN=C([C@@H]5CCCN5C(=O)[C@@H](NC(=O)OC)C(C)C)C4)cc3=O)cc2)[nH]1)C(C)C. The third-order valence-electron chi connectivity index (χ3n) is 11.1. The van der Waals surface area contributed by atoms with E-state index in [0.29, 0.717) is 18.7 Å². The smallest absolute Gasteiger partial charge is 0.407 e. The Morgan fingerprint density at radius 1 is 0.873 bits per heavy atom. The number of aromatic amines is 1. The van der Waals surface area contributed by atoms with Gasteiger partial charge in [-0.05, 0) is 72.4 Å². The van der Waals surface area contributed by atoms with Crippen molar-refractivity contribution in [1.29, 1.82) is 0 Å². The lowest BCUT2D eigenvalue weighted by Crippen LogP contribution is -2.53. The molecule has 2 aliphatic heterocycles. The maximum absolute atomic E-state index is 13.6. The van der Waals surface area contributed by atoms with E-state index < -0.39 is 24.3 Å². The van der Waals surface area contributed by atoms with Crippen LogP contribution in [0.2, 0.25) is 0 Å². The fraction of sp³-hybridized carbons (Fsp3) is 0.488. The second-order valence-corrected chi connectivity index (χ2v) is 15.3. The first-order valence-corrected chi connectivity index (χ1v) is 19.1. The quantitative estimate of drug-likeness (QED) is 0.214. The van der Waals surface area contributed by atoms with Crippen molar-refractivity contribution >= 4 is 35.2 Å². The second kappa shape index (κ2) is 16.9. The Morgan fingerprint density at radius 3 is 2.22 bits per heavy atom. The zero-order valence-electron chi connectivity index (χ0n) is 32.3. The summed E-state index contributed by atoms with van der Waals surface area (Å²) in [6.07, 6.45) is 8.63. The van der Waals surface area contributed by atoms with Crippen molar-refractivity contribution < 1.29 is 28.7 Å². The number of carbonyl (C=O) groups excluding carboxylic acids is 4. The number of H-pyrrole nitrogens is 1. The molecule has 292 valence electrons. The van der Waals surface area contributed by atoms with Crippen molar-refractivity contribution in [3.63, 3.8) is 0 Å². The Morgan fingerprint density at radius 2 is 1.56 bits per heavy atom. The van der Waals surface area contributed by atoms with Crippen LogP contribution in [0.25, 0.3) is 22.5 Å². The average molecular weight is 754 g/mol. The summed E-state index contributed by atoms with van der Waals surface area (Å²) in [4.78, 5) is 79.1. The number of amides is 3. The molecule has 3 aliphatic rings. The third-order valence-corrected chi connectivity index (χ3v) is 11.1. The number of carbonyl (C=O) groups is 4. The number of Topliss-reactive ketones (excluding diaryl/α,β-unsaturated/α-hetero) is 1. The summed E-state index contributed by atoms with van der Waals surface area (Å²) in [7, 11) is 2.57. The number of pyridine rings is 1. The van der Waals surface area contributed by atoms with Gasteiger partial charge in [0.2, 0.25) is 5.91 Å². The van der Waals surface area contributed by atoms with Crippen LogP contribution in [0.3, 0.4) is 0 Å². The van der Waals surface area contributed by atoms with Gasteiger partial charge in [0.1, 0.15) is 11.9 Å². The van der Waals surface area contributed by atoms with E-state index in [4.69, 9.17) is 14.5 Å². The monoisotopic (exact) mass is 753 g/mol. The maximum Gasteiger partial charge on any atom is 0.407 e. The fourth-order valence-corrected chi connectivity index (χ4v) is 8.06. The number of allylic oxidation sites excluding steroid dienone is 1. The van der Waals surface area contributed by atoms with Crippen LogP contribution < -0.4 is 16.2 Å². The number of imidazole rings is 1. The molecule has 0 radical (unpaired) electrons. The molecular weight excluding hydrogens is 702 g/mol. The molecule has 1 saturated carbocycles. The van der Waals surface area contributed by atoms with E-state index >= 15 is 0 Å². The predicted molar refractivity (Wildman–Crippen MR) is 208 cm³/mol. The van der Waals surface area contributed by atoms with Crippen molar-refractivity contribution in [2.45, 2.75) is 90.3 Å². The first-order valence-electron chi connectivity index (χ1n) is 19.1. The lowest BCUT2D eigenvalue weighted by molar-refractivity contribution is -0.134. The number of hydrogen-bond donors (Lipinski definition) is 3.